The standard InChI is InChI=1S/C23H24N4O3/c1-15-20(16(2)27(26-15)19-8-6-5-7-9-19)11-13-23(29)25-21-14-18(24-17(3)28)10-12-22(21)30-4/h5-14H,1-4H3,(H,24,28)(H,25,29)/b13-11+. The lowest BCUT2D eigenvalue weighted by atomic mass is 10.1. The molecule has 1 heterocycles. The zero-order valence-corrected chi connectivity index (χ0v) is 17.4. The summed E-state index contributed by atoms with van der Waals surface area (Å²) in [5.41, 5.74) is 4.64. The Labute approximate surface area is 175 Å². The van der Waals surface area contributed by atoms with Crippen LogP contribution in [-0.4, -0.2) is 28.7 Å². The van der Waals surface area contributed by atoms with E-state index in [-0.39, 0.29) is 11.8 Å². The molecule has 1 aromatic heterocycles. The van der Waals surface area contributed by atoms with Gasteiger partial charge in [0.2, 0.25) is 11.8 Å². The average Bonchev–Trinajstić information content (AvgIpc) is 3.00. The van der Waals surface area contributed by atoms with Crippen LogP contribution in [0.5, 0.6) is 5.75 Å². The second-order valence-corrected chi connectivity index (χ2v) is 6.75. The summed E-state index contributed by atoms with van der Waals surface area (Å²) in [7, 11) is 1.52. The molecule has 0 aliphatic heterocycles. The van der Waals surface area contributed by atoms with Crippen LogP contribution in [-0.2, 0) is 9.59 Å². The molecule has 7 heteroatoms. The maximum atomic E-state index is 12.5. The summed E-state index contributed by atoms with van der Waals surface area (Å²) in [6.07, 6.45) is 3.20. The van der Waals surface area contributed by atoms with Crippen LogP contribution in [0, 0.1) is 13.8 Å². The molecule has 3 rings (SSSR count). The van der Waals surface area contributed by atoms with E-state index in [0.29, 0.717) is 17.1 Å². The van der Waals surface area contributed by atoms with E-state index in [1.54, 1.807) is 24.3 Å². The Balaban J connectivity index is 1.80. The molecule has 0 fully saturated rings. The van der Waals surface area contributed by atoms with Gasteiger partial charge in [-0.1, -0.05) is 18.2 Å². The fraction of sp³-hybridized carbons (Fsp3) is 0.174. The third-order valence-electron chi connectivity index (χ3n) is 4.53. The number of hydrogen-bond acceptors (Lipinski definition) is 4. The van der Waals surface area contributed by atoms with Gasteiger partial charge >= 0.3 is 0 Å². The predicted molar refractivity (Wildman–Crippen MR) is 118 cm³/mol. The van der Waals surface area contributed by atoms with Crippen molar-refractivity contribution in [1.29, 1.82) is 0 Å². The van der Waals surface area contributed by atoms with Gasteiger partial charge in [0.25, 0.3) is 0 Å². The van der Waals surface area contributed by atoms with Gasteiger partial charge in [-0.05, 0) is 50.3 Å². The Morgan fingerprint density at radius 2 is 1.80 bits per heavy atom. The Kier molecular flexibility index (Phi) is 6.32. The van der Waals surface area contributed by atoms with E-state index in [0.717, 1.165) is 22.6 Å². The van der Waals surface area contributed by atoms with Crippen molar-refractivity contribution < 1.29 is 14.3 Å². The Hall–Kier alpha value is -3.87. The van der Waals surface area contributed by atoms with Gasteiger partial charge in [0, 0.05) is 29.9 Å². The van der Waals surface area contributed by atoms with Gasteiger partial charge in [-0.3, -0.25) is 9.59 Å². The van der Waals surface area contributed by atoms with Gasteiger partial charge in [0.15, 0.2) is 0 Å². The van der Waals surface area contributed by atoms with E-state index in [1.165, 1.54) is 20.1 Å². The number of benzene rings is 2. The molecular weight excluding hydrogens is 380 g/mol. The highest BCUT2D eigenvalue weighted by atomic mass is 16.5. The first-order valence-electron chi connectivity index (χ1n) is 9.45. The van der Waals surface area contributed by atoms with Crippen molar-refractivity contribution >= 4 is 29.3 Å². The maximum absolute atomic E-state index is 12.5. The summed E-state index contributed by atoms with van der Waals surface area (Å²) in [6.45, 7) is 5.29. The average molecular weight is 404 g/mol. The first-order chi connectivity index (χ1) is 14.4. The SMILES string of the molecule is COc1ccc(NC(C)=O)cc1NC(=O)/C=C/c1c(C)nn(-c2ccccc2)c1C. The minimum absolute atomic E-state index is 0.196. The molecule has 7 nitrogen and oxygen atoms in total. The zero-order chi connectivity index (χ0) is 21.7. The summed E-state index contributed by atoms with van der Waals surface area (Å²) >= 11 is 0. The second kappa shape index (κ2) is 9.09. The lowest BCUT2D eigenvalue weighted by Crippen LogP contribution is -2.11. The van der Waals surface area contributed by atoms with Crippen LogP contribution >= 0.6 is 0 Å². The molecule has 0 saturated carbocycles. The molecule has 2 aromatic carbocycles. The minimum atomic E-state index is -0.320. The van der Waals surface area contributed by atoms with Crippen LogP contribution in [0.3, 0.4) is 0 Å². The van der Waals surface area contributed by atoms with Crippen LogP contribution in [0.1, 0.15) is 23.9 Å². The van der Waals surface area contributed by atoms with Crippen molar-refractivity contribution in [2.45, 2.75) is 20.8 Å². The lowest BCUT2D eigenvalue weighted by molar-refractivity contribution is -0.114. The molecule has 154 valence electrons. The van der Waals surface area contributed by atoms with E-state index < -0.39 is 0 Å². The number of nitrogens with zero attached hydrogens (tertiary/aromatic N) is 2. The largest absolute Gasteiger partial charge is 0.495 e. The van der Waals surface area contributed by atoms with Gasteiger partial charge in [-0.2, -0.15) is 5.10 Å². The number of amides is 2. The molecule has 0 unspecified atom stereocenters. The van der Waals surface area contributed by atoms with E-state index >= 15 is 0 Å². The molecule has 0 aliphatic carbocycles. The summed E-state index contributed by atoms with van der Waals surface area (Å²) in [5.74, 6) is -0.0200. The predicted octanol–water partition coefficient (Wildman–Crippen LogP) is 4.11. The number of ether oxygens (including phenoxy) is 1. The summed E-state index contributed by atoms with van der Waals surface area (Å²) in [6, 6.07) is 14.9. The topological polar surface area (TPSA) is 85.2 Å². The van der Waals surface area contributed by atoms with Gasteiger partial charge in [0.05, 0.1) is 24.2 Å². The third kappa shape index (κ3) is 4.75. The van der Waals surface area contributed by atoms with Crippen molar-refractivity contribution in [2.75, 3.05) is 17.7 Å². The minimum Gasteiger partial charge on any atom is -0.495 e. The second-order valence-electron chi connectivity index (χ2n) is 6.75. The van der Waals surface area contributed by atoms with Crippen molar-refractivity contribution in [3.63, 3.8) is 0 Å². The van der Waals surface area contributed by atoms with Gasteiger partial charge in [-0.25, -0.2) is 4.68 Å². The molecule has 2 N–H and O–H groups in total. The van der Waals surface area contributed by atoms with Crippen molar-refractivity contribution in [1.82, 2.24) is 9.78 Å². The number of aromatic nitrogens is 2. The number of rotatable bonds is 6. The molecule has 0 atom stereocenters. The molecule has 0 spiro atoms. The van der Waals surface area contributed by atoms with E-state index in [4.69, 9.17) is 4.74 Å². The number of aryl methyl sites for hydroxylation is 1. The molecule has 30 heavy (non-hydrogen) atoms. The molecule has 3 aromatic rings. The zero-order valence-electron chi connectivity index (χ0n) is 17.4. The molecule has 2 amide bonds. The lowest BCUT2D eigenvalue weighted by Gasteiger charge is -2.11. The van der Waals surface area contributed by atoms with Gasteiger partial charge < -0.3 is 15.4 Å². The summed E-state index contributed by atoms with van der Waals surface area (Å²) in [5, 5.41) is 10.1. The maximum Gasteiger partial charge on any atom is 0.248 e. The number of anilines is 2. The third-order valence-corrected chi connectivity index (χ3v) is 4.53. The number of carbonyl (C=O) groups is 2. The Morgan fingerprint density at radius 3 is 2.47 bits per heavy atom. The number of methoxy groups -OCH3 is 1. The molecule has 0 saturated heterocycles. The quantitative estimate of drug-likeness (QED) is 0.606. The Morgan fingerprint density at radius 1 is 1.07 bits per heavy atom. The number of hydrogen-bond donors (Lipinski definition) is 2. The van der Waals surface area contributed by atoms with Crippen molar-refractivity contribution in [3.05, 3.63) is 71.6 Å². The van der Waals surface area contributed by atoms with Crippen LogP contribution in [0.4, 0.5) is 11.4 Å². The number of para-hydroxylation sites is 1. The highest BCUT2D eigenvalue weighted by Gasteiger charge is 2.12. The monoisotopic (exact) mass is 404 g/mol. The summed E-state index contributed by atoms with van der Waals surface area (Å²) < 4.78 is 7.15. The van der Waals surface area contributed by atoms with Crippen molar-refractivity contribution in [2.24, 2.45) is 0 Å². The van der Waals surface area contributed by atoms with Crippen LogP contribution in [0.15, 0.2) is 54.6 Å². The highest BCUT2D eigenvalue weighted by Crippen LogP contribution is 2.28. The van der Waals surface area contributed by atoms with E-state index in [2.05, 4.69) is 15.7 Å². The van der Waals surface area contributed by atoms with Crippen LogP contribution < -0.4 is 15.4 Å². The number of nitrogens with one attached hydrogen (secondary N) is 2. The van der Waals surface area contributed by atoms with Crippen molar-refractivity contribution in [3.8, 4) is 11.4 Å². The van der Waals surface area contributed by atoms with Crippen LogP contribution in [0.2, 0.25) is 0 Å². The van der Waals surface area contributed by atoms with Crippen LogP contribution in [0.25, 0.3) is 11.8 Å². The van der Waals surface area contributed by atoms with Gasteiger partial charge in [0.1, 0.15) is 5.75 Å². The number of carbonyl (C=O) groups excluding carboxylic acids is 2. The normalized spacial score (nSPS) is 10.8. The fourth-order valence-corrected chi connectivity index (χ4v) is 3.14. The molecule has 0 bridgehead atoms. The first kappa shape index (κ1) is 20.9. The highest BCUT2D eigenvalue weighted by molar-refractivity contribution is 6.03. The van der Waals surface area contributed by atoms with Gasteiger partial charge in [-0.15, -0.1) is 0 Å². The molecular formula is C23H24N4O3. The first-order valence-corrected chi connectivity index (χ1v) is 9.45. The molecule has 0 aliphatic rings. The van der Waals surface area contributed by atoms with E-state index in [9.17, 15) is 9.59 Å². The fourth-order valence-electron chi connectivity index (χ4n) is 3.14. The van der Waals surface area contributed by atoms with E-state index in [1.807, 2.05) is 48.9 Å². The molecule has 0 radical (unpaired) electrons. The Bertz CT molecular complexity index is 1100. The smallest absolute Gasteiger partial charge is 0.248 e. The summed E-state index contributed by atoms with van der Waals surface area (Å²) in [4.78, 5) is 23.8.